The van der Waals surface area contributed by atoms with Crippen LogP contribution in [0.5, 0.6) is 0 Å². The van der Waals surface area contributed by atoms with Crippen LogP contribution in [0.3, 0.4) is 0 Å². The molecule has 0 saturated carbocycles. The lowest BCUT2D eigenvalue weighted by Crippen LogP contribution is -2.23. The average molecular weight is 370 g/mol. The molecule has 1 N–H and O–H groups in total. The lowest BCUT2D eigenvalue weighted by atomic mass is 10.2. The molecule has 26 heavy (non-hydrogen) atoms. The summed E-state index contributed by atoms with van der Waals surface area (Å²) in [5.74, 6) is -1.76. The summed E-state index contributed by atoms with van der Waals surface area (Å²) in [5, 5.41) is 7.41. The van der Waals surface area contributed by atoms with Crippen LogP contribution < -0.4 is 5.32 Å². The van der Waals surface area contributed by atoms with Crippen molar-refractivity contribution in [3.63, 3.8) is 0 Å². The molecule has 2 heterocycles. The number of amides is 1. The smallest absolute Gasteiger partial charge is 0.254 e. The van der Waals surface area contributed by atoms with E-state index in [1.54, 1.807) is 6.20 Å². The van der Waals surface area contributed by atoms with Crippen molar-refractivity contribution < 1.29 is 13.6 Å². The van der Waals surface area contributed by atoms with Crippen molar-refractivity contribution >= 4 is 27.5 Å². The Bertz CT molecular complexity index is 1070. The zero-order valence-corrected chi connectivity index (χ0v) is 14.1. The number of thiazole rings is 1. The van der Waals surface area contributed by atoms with E-state index in [2.05, 4.69) is 15.4 Å². The standard InChI is InChI=1S/C18H12F2N4OS/c19-13-6-5-11(14(20)7-13)8-21-17(25)12-9-22-24(10-12)18-23-15-3-1-2-4-16(15)26-18/h1-7,9-10H,8H2,(H,21,25). The number of nitrogens with one attached hydrogen (secondary N) is 1. The first-order valence-electron chi connectivity index (χ1n) is 7.73. The maximum Gasteiger partial charge on any atom is 0.254 e. The van der Waals surface area contributed by atoms with Crippen molar-refractivity contribution in [3.8, 4) is 5.13 Å². The molecule has 0 radical (unpaired) electrons. The molecule has 130 valence electrons. The molecule has 2 aromatic heterocycles. The predicted molar refractivity (Wildman–Crippen MR) is 94.3 cm³/mol. The van der Waals surface area contributed by atoms with Gasteiger partial charge in [-0.05, 0) is 18.2 Å². The van der Waals surface area contributed by atoms with Crippen LogP contribution >= 0.6 is 11.3 Å². The molecule has 0 unspecified atom stereocenters. The number of carbonyl (C=O) groups is 1. The molecule has 4 aromatic rings. The summed E-state index contributed by atoms with van der Waals surface area (Å²) in [6, 6.07) is 10.9. The maximum absolute atomic E-state index is 13.6. The Kier molecular flexibility index (Phi) is 4.18. The van der Waals surface area contributed by atoms with Gasteiger partial charge in [-0.3, -0.25) is 4.79 Å². The summed E-state index contributed by atoms with van der Waals surface area (Å²) in [6.07, 6.45) is 2.98. The van der Waals surface area contributed by atoms with Gasteiger partial charge in [-0.15, -0.1) is 0 Å². The van der Waals surface area contributed by atoms with Crippen LogP contribution in [0.2, 0.25) is 0 Å². The van der Waals surface area contributed by atoms with Crippen LogP contribution in [0.25, 0.3) is 15.3 Å². The molecule has 0 bridgehead atoms. The van der Waals surface area contributed by atoms with Crippen LogP contribution in [-0.2, 0) is 6.54 Å². The van der Waals surface area contributed by atoms with Gasteiger partial charge in [-0.1, -0.05) is 29.5 Å². The number of para-hydroxylation sites is 1. The van der Waals surface area contributed by atoms with Crippen LogP contribution in [0.4, 0.5) is 8.78 Å². The van der Waals surface area contributed by atoms with Crippen LogP contribution in [-0.4, -0.2) is 20.7 Å². The van der Waals surface area contributed by atoms with Crippen molar-refractivity contribution in [1.82, 2.24) is 20.1 Å². The summed E-state index contributed by atoms with van der Waals surface area (Å²) in [6.45, 7) is -0.0444. The van der Waals surface area contributed by atoms with Crippen molar-refractivity contribution in [2.75, 3.05) is 0 Å². The van der Waals surface area contributed by atoms with Gasteiger partial charge >= 0.3 is 0 Å². The molecular weight excluding hydrogens is 358 g/mol. The van der Waals surface area contributed by atoms with Gasteiger partial charge in [0.2, 0.25) is 5.13 Å². The Hall–Kier alpha value is -3.13. The van der Waals surface area contributed by atoms with E-state index in [0.29, 0.717) is 10.7 Å². The van der Waals surface area contributed by atoms with Gasteiger partial charge in [0.25, 0.3) is 5.91 Å². The van der Waals surface area contributed by atoms with Crippen molar-refractivity contribution in [2.24, 2.45) is 0 Å². The van der Waals surface area contributed by atoms with Crippen LogP contribution in [0.15, 0.2) is 54.9 Å². The van der Waals surface area contributed by atoms with Crippen molar-refractivity contribution in [2.45, 2.75) is 6.54 Å². The number of hydrogen-bond donors (Lipinski definition) is 1. The van der Waals surface area contributed by atoms with Gasteiger partial charge in [-0.25, -0.2) is 18.4 Å². The fourth-order valence-corrected chi connectivity index (χ4v) is 3.34. The maximum atomic E-state index is 13.6. The fraction of sp³-hybridized carbons (Fsp3) is 0.0556. The molecule has 0 aliphatic carbocycles. The van der Waals surface area contributed by atoms with Gasteiger partial charge in [0.15, 0.2) is 0 Å². The van der Waals surface area contributed by atoms with Gasteiger partial charge in [-0.2, -0.15) is 5.10 Å². The molecule has 4 rings (SSSR count). The zero-order valence-electron chi connectivity index (χ0n) is 13.3. The second kappa shape index (κ2) is 6.64. The number of halogens is 2. The molecule has 0 aliphatic heterocycles. The van der Waals surface area contributed by atoms with Gasteiger partial charge in [0.05, 0.1) is 22.0 Å². The lowest BCUT2D eigenvalue weighted by Gasteiger charge is -2.05. The number of nitrogens with zero attached hydrogens (tertiary/aromatic N) is 3. The summed E-state index contributed by atoms with van der Waals surface area (Å²) in [4.78, 5) is 16.7. The molecule has 0 saturated heterocycles. The number of aromatic nitrogens is 3. The third-order valence-electron chi connectivity index (χ3n) is 3.78. The quantitative estimate of drug-likeness (QED) is 0.596. The number of benzene rings is 2. The number of fused-ring (bicyclic) bond motifs is 1. The van der Waals surface area contributed by atoms with E-state index in [1.807, 2.05) is 24.3 Å². The zero-order chi connectivity index (χ0) is 18.1. The van der Waals surface area contributed by atoms with E-state index in [1.165, 1.54) is 28.3 Å². The normalized spacial score (nSPS) is 11.0. The highest BCUT2D eigenvalue weighted by Crippen LogP contribution is 2.24. The average Bonchev–Trinajstić information content (AvgIpc) is 3.27. The first kappa shape index (κ1) is 16.3. The second-order valence-corrected chi connectivity index (χ2v) is 6.57. The van der Waals surface area contributed by atoms with Gasteiger partial charge in [0.1, 0.15) is 11.6 Å². The molecule has 0 fully saturated rings. The first-order chi connectivity index (χ1) is 12.6. The molecule has 0 spiro atoms. The highest BCUT2D eigenvalue weighted by atomic mass is 32.1. The van der Waals surface area contributed by atoms with E-state index >= 15 is 0 Å². The van der Waals surface area contributed by atoms with Crippen molar-refractivity contribution in [3.05, 3.63) is 77.6 Å². The topological polar surface area (TPSA) is 59.8 Å². The Morgan fingerprint density at radius 3 is 2.85 bits per heavy atom. The minimum Gasteiger partial charge on any atom is -0.348 e. The minimum atomic E-state index is -0.699. The summed E-state index contributed by atoms with van der Waals surface area (Å²) >= 11 is 1.46. The van der Waals surface area contributed by atoms with Gasteiger partial charge in [0, 0.05) is 24.4 Å². The summed E-state index contributed by atoms with van der Waals surface area (Å²) in [7, 11) is 0. The third-order valence-corrected chi connectivity index (χ3v) is 4.80. The predicted octanol–water partition coefficient (Wildman–Crippen LogP) is 3.69. The third kappa shape index (κ3) is 3.18. The van der Waals surface area contributed by atoms with E-state index in [0.717, 1.165) is 22.3 Å². The van der Waals surface area contributed by atoms with Gasteiger partial charge < -0.3 is 5.32 Å². The Labute approximate surface area is 150 Å². The Morgan fingerprint density at radius 2 is 2.04 bits per heavy atom. The highest BCUT2D eigenvalue weighted by molar-refractivity contribution is 7.20. The van der Waals surface area contributed by atoms with Crippen LogP contribution in [0, 0.1) is 11.6 Å². The van der Waals surface area contributed by atoms with Crippen molar-refractivity contribution in [1.29, 1.82) is 0 Å². The first-order valence-corrected chi connectivity index (χ1v) is 8.54. The van der Waals surface area contributed by atoms with E-state index in [9.17, 15) is 13.6 Å². The lowest BCUT2D eigenvalue weighted by molar-refractivity contribution is 0.0950. The van der Waals surface area contributed by atoms with E-state index < -0.39 is 17.5 Å². The summed E-state index contributed by atoms with van der Waals surface area (Å²) in [5.41, 5.74) is 1.39. The SMILES string of the molecule is O=C(NCc1ccc(F)cc1F)c1cnn(-c2nc3ccccc3s2)c1. The van der Waals surface area contributed by atoms with E-state index in [4.69, 9.17) is 0 Å². The molecule has 8 heteroatoms. The minimum absolute atomic E-state index is 0.0444. The molecule has 2 aromatic carbocycles. The molecule has 0 aliphatic rings. The molecule has 5 nitrogen and oxygen atoms in total. The number of hydrogen-bond acceptors (Lipinski definition) is 4. The second-order valence-electron chi connectivity index (χ2n) is 5.56. The Balaban J connectivity index is 1.49. The number of rotatable bonds is 4. The molecule has 0 atom stereocenters. The van der Waals surface area contributed by atoms with Crippen LogP contribution in [0.1, 0.15) is 15.9 Å². The fourth-order valence-electron chi connectivity index (χ4n) is 2.45. The number of carbonyl (C=O) groups excluding carboxylic acids is 1. The van der Waals surface area contributed by atoms with E-state index in [-0.39, 0.29) is 12.1 Å². The largest absolute Gasteiger partial charge is 0.348 e. The molecule has 1 amide bonds. The summed E-state index contributed by atoms with van der Waals surface area (Å²) < 4.78 is 29.1. The molecular formula is C18H12F2N4OS. The highest BCUT2D eigenvalue weighted by Gasteiger charge is 2.13. The Morgan fingerprint density at radius 1 is 1.19 bits per heavy atom. The monoisotopic (exact) mass is 370 g/mol.